The van der Waals surface area contributed by atoms with E-state index >= 15 is 0 Å². The number of rotatable bonds is 4. The van der Waals surface area contributed by atoms with Gasteiger partial charge in [-0.05, 0) is 38.1 Å². The van der Waals surface area contributed by atoms with Gasteiger partial charge >= 0.3 is 0 Å². The van der Waals surface area contributed by atoms with Crippen LogP contribution in [0.3, 0.4) is 0 Å². The Bertz CT molecular complexity index is 1170. The zero-order valence-corrected chi connectivity index (χ0v) is 15.3. The minimum atomic E-state index is -0.496. The molecule has 3 aromatic heterocycles. The fraction of sp³-hybridized carbons (Fsp3) is 0.100. The number of nitrogens with zero attached hydrogens (tertiary/aromatic N) is 3. The van der Waals surface area contributed by atoms with Gasteiger partial charge in [-0.3, -0.25) is 14.0 Å². The summed E-state index contributed by atoms with van der Waals surface area (Å²) >= 11 is 0. The molecule has 0 spiro atoms. The SMILES string of the molecule is Cc1ccc(NC(=O)c2nc(C(=O)Nc3cc(C)on3)n3ccccc23)cc1. The van der Waals surface area contributed by atoms with Crippen molar-refractivity contribution in [3.8, 4) is 0 Å². The van der Waals surface area contributed by atoms with Gasteiger partial charge in [0.15, 0.2) is 11.5 Å². The number of pyridine rings is 1. The van der Waals surface area contributed by atoms with Gasteiger partial charge in [0.05, 0.1) is 5.52 Å². The van der Waals surface area contributed by atoms with Crippen molar-refractivity contribution in [3.05, 3.63) is 77.6 Å². The maximum atomic E-state index is 12.8. The van der Waals surface area contributed by atoms with Crippen LogP contribution >= 0.6 is 0 Å². The first kappa shape index (κ1) is 17.5. The van der Waals surface area contributed by atoms with E-state index in [9.17, 15) is 9.59 Å². The Labute approximate surface area is 160 Å². The number of amides is 2. The third-order valence-electron chi connectivity index (χ3n) is 4.15. The molecule has 0 saturated carbocycles. The van der Waals surface area contributed by atoms with E-state index in [1.165, 1.54) is 0 Å². The monoisotopic (exact) mass is 375 g/mol. The second-order valence-electron chi connectivity index (χ2n) is 6.34. The summed E-state index contributed by atoms with van der Waals surface area (Å²) in [6.07, 6.45) is 1.67. The molecule has 0 aliphatic heterocycles. The molecular weight excluding hydrogens is 358 g/mol. The van der Waals surface area contributed by atoms with E-state index in [1.807, 2.05) is 31.2 Å². The summed E-state index contributed by atoms with van der Waals surface area (Å²) in [6.45, 7) is 3.69. The molecule has 0 saturated heterocycles. The minimum absolute atomic E-state index is 0.0744. The van der Waals surface area contributed by atoms with Crippen molar-refractivity contribution in [1.82, 2.24) is 14.5 Å². The summed E-state index contributed by atoms with van der Waals surface area (Å²) in [5.41, 5.74) is 2.42. The predicted molar refractivity (Wildman–Crippen MR) is 104 cm³/mol. The summed E-state index contributed by atoms with van der Waals surface area (Å²) in [7, 11) is 0. The molecule has 4 aromatic rings. The fourth-order valence-corrected chi connectivity index (χ4v) is 2.79. The van der Waals surface area contributed by atoms with Crippen LogP contribution in [0.15, 0.2) is 59.3 Å². The number of carbonyl (C=O) groups is 2. The third-order valence-corrected chi connectivity index (χ3v) is 4.15. The smallest absolute Gasteiger partial charge is 0.293 e. The molecule has 140 valence electrons. The first-order chi connectivity index (χ1) is 13.5. The second kappa shape index (κ2) is 6.99. The second-order valence-corrected chi connectivity index (χ2v) is 6.34. The van der Waals surface area contributed by atoms with E-state index in [0.29, 0.717) is 17.0 Å². The van der Waals surface area contributed by atoms with Crippen LogP contribution in [-0.4, -0.2) is 26.4 Å². The summed E-state index contributed by atoms with van der Waals surface area (Å²) in [5, 5.41) is 9.17. The fourth-order valence-electron chi connectivity index (χ4n) is 2.79. The standard InChI is InChI=1S/C20H17N5O3/c1-12-6-8-14(9-7-12)21-19(26)17-15-5-3-4-10-25(15)18(23-17)20(27)22-16-11-13(2)28-24-16/h3-11H,1-2H3,(H,21,26)(H,22,24,27). The molecule has 4 rings (SSSR count). The van der Waals surface area contributed by atoms with Gasteiger partial charge in [-0.1, -0.05) is 28.9 Å². The highest BCUT2D eigenvalue weighted by molar-refractivity contribution is 6.10. The van der Waals surface area contributed by atoms with Crippen LogP contribution in [0, 0.1) is 13.8 Å². The number of imidazole rings is 1. The number of aromatic nitrogens is 3. The number of aryl methyl sites for hydroxylation is 2. The Hall–Kier alpha value is -3.94. The molecule has 0 fully saturated rings. The van der Waals surface area contributed by atoms with Crippen LogP contribution in [0.1, 0.15) is 32.4 Å². The van der Waals surface area contributed by atoms with Crippen molar-refractivity contribution in [2.75, 3.05) is 10.6 Å². The van der Waals surface area contributed by atoms with Crippen LogP contribution in [0.4, 0.5) is 11.5 Å². The van der Waals surface area contributed by atoms with Gasteiger partial charge in [0.25, 0.3) is 11.8 Å². The molecule has 2 amide bonds. The third kappa shape index (κ3) is 3.35. The van der Waals surface area contributed by atoms with Crippen LogP contribution in [0.25, 0.3) is 5.52 Å². The largest absolute Gasteiger partial charge is 0.360 e. The molecule has 0 aliphatic carbocycles. The average molecular weight is 375 g/mol. The molecule has 0 aliphatic rings. The van der Waals surface area contributed by atoms with Crippen LogP contribution < -0.4 is 10.6 Å². The molecule has 0 radical (unpaired) electrons. The molecule has 1 aromatic carbocycles. The highest BCUT2D eigenvalue weighted by atomic mass is 16.5. The van der Waals surface area contributed by atoms with E-state index in [0.717, 1.165) is 5.56 Å². The number of fused-ring (bicyclic) bond motifs is 1. The number of benzene rings is 1. The van der Waals surface area contributed by atoms with Crippen molar-refractivity contribution >= 4 is 28.8 Å². The van der Waals surface area contributed by atoms with E-state index < -0.39 is 11.8 Å². The maximum Gasteiger partial charge on any atom is 0.293 e. The van der Waals surface area contributed by atoms with Gasteiger partial charge in [0.1, 0.15) is 5.76 Å². The van der Waals surface area contributed by atoms with Crippen molar-refractivity contribution in [3.63, 3.8) is 0 Å². The van der Waals surface area contributed by atoms with E-state index in [1.54, 1.807) is 41.8 Å². The summed E-state index contributed by atoms with van der Waals surface area (Å²) in [6, 6.07) is 14.3. The lowest BCUT2D eigenvalue weighted by molar-refractivity contribution is 0.101. The van der Waals surface area contributed by atoms with Gasteiger partial charge < -0.3 is 15.2 Å². The Kier molecular flexibility index (Phi) is 4.36. The molecule has 28 heavy (non-hydrogen) atoms. The first-order valence-corrected chi connectivity index (χ1v) is 8.61. The van der Waals surface area contributed by atoms with Gasteiger partial charge in [-0.25, -0.2) is 4.98 Å². The lowest BCUT2D eigenvalue weighted by atomic mass is 10.2. The van der Waals surface area contributed by atoms with Gasteiger partial charge in [0.2, 0.25) is 5.82 Å². The van der Waals surface area contributed by atoms with E-state index in [4.69, 9.17) is 4.52 Å². The Balaban J connectivity index is 1.66. The number of nitrogens with one attached hydrogen (secondary N) is 2. The Morgan fingerprint density at radius 2 is 1.79 bits per heavy atom. The lowest BCUT2D eigenvalue weighted by Crippen LogP contribution is -2.16. The minimum Gasteiger partial charge on any atom is -0.360 e. The van der Waals surface area contributed by atoms with E-state index in [-0.39, 0.29) is 17.3 Å². The topological polar surface area (TPSA) is 102 Å². The van der Waals surface area contributed by atoms with Crippen molar-refractivity contribution in [2.24, 2.45) is 0 Å². The number of hydrogen-bond acceptors (Lipinski definition) is 5. The molecule has 3 heterocycles. The number of anilines is 2. The summed E-state index contributed by atoms with van der Waals surface area (Å²) in [5.74, 6) is 0.0281. The van der Waals surface area contributed by atoms with Gasteiger partial charge in [-0.2, -0.15) is 0 Å². The van der Waals surface area contributed by atoms with Crippen molar-refractivity contribution in [1.29, 1.82) is 0 Å². The Morgan fingerprint density at radius 3 is 2.50 bits per heavy atom. The predicted octanol–water partition coefficient (Wildman–Crippen LogP) is 3.44. The van der Waals surface area contributed by atoms with Crippen molar-refractivity contribution in [2.45, 2.75) is 13.8 Å². The van der Waals surface area contributed by atoms with Crippen LogP contribution in [-0.2, 0) is 0 Å². The molecule has 8 heteroatoms. The Morgan fingerprint density at radius 1 is 1.00 bits per heavy atom. The van der Waals surface area contributed by atoms with Crippen LogP contribution in [0.2, 0.25) is 0 Å². The summed E-state index contributed by atoms with van der Waals surface area (Å²) in [4.78, 5) is 29.7. The van der Waals surface area contributed by atoms with E-state index in [2.05, 4.69) is 20.8 Å². The van der Waals surface area contributed by atoms with Crippen LogP contribution in [0.5, 0.6) is 0 Å². The zero-order valence-electron chi connectivity index (χ0n) is 15.3. The highest BCUT2D eigenvalue weighted by Crippen LogP contribution is 2.17. The quantitative estimate of drug-likeness (QED) is 0.569. The zero-order chi connectivity index (χ0) is 19.7. The highest BCUT2D eigenvalue weighted by Gasteiger charge is 2.22. The molecular formula is C20H17N5O3. The average Bonchev–Trinajstić information content (AvgIpc) is 3.27. The lowest BCUT2D eigenvalue weighted by Gasteiger charge is -2.04. The number of carbonyl (C=O) groups excluding carboxylic acids is 2. The molecule has 2 N–H and O–H groups in total. The molecule has 0 unspecified atom stereocenters. The molecule has 0 atom stereocenters. The maximum absolute atomic E-state index is 12.8. The molecule has 0 bridgehead atoms. The van der Waals surface area contributed by atoms with Crippen molar-refractivity contribution < 1.29 is 14.1 Å². The summed E-state index contributed by atoms with van der Waals surface area (Å²) < 4.78 is 6.51. The normalized spacial score (nSPS) is 10.8. The first-order valence-electron chi connectivity index (χ1n) is 8.61. The molecule has 8 nitrogen and oxygen atoms in total. The van der Waals surface area contributed by atoms with Gasteiger partial charge in [-0.15, -0.1) is 0 Å². The van der Waals surface area contributed by atoms with Gasteiger partial charge in [0, 0.05) is 18.0 Å². The number of hydrogen-bond donors (Lipinski definition) is 2.